The maximum Gasteiger partial charge on any atom is 0.229 e. The molecule has 1 N–H and O–H groups in total. The van der Waals surface area contributed by atoms with Crippen molar-refractivity contribution in [1.29, 1.82) is 0 Å². The van der Waals surface area contributed by atoms with E-state index >= 15 is 0 Å². The minimum absolute atomic E-state index is 0.0674. The number of nitrogens with one attached hydrogen (secondary N) is 1. The molecule has 0 saturated heterocycles. The lowest BCUT2D eigenvalue weighted by Crippen LogP contribution is -2.15. The van der Waals surface area contributed by atoms with Gasteiger partial charge in [0.25, 0.3) is 0 Å². The molecule has 22 heavy (non-hydrogen) atoms. The van der Waals surface area contributed by atoms with Gasteiger partial charge in [-0.1, -0.05) is 48.0 Å². The minimum atomic E-state index is -0.0674. The highest BCUT2D eigenvalue weighted by molar-refractivity contribution is 5.91. The van der Waals surface area contributed by atoms with Gasteiger partial charge in [-0.15, -0.1) is 0 Å². The smallest absolute Gasteiger partial charge is 0.229 e. The van der Waals surface area contributed by atoms with E-state index in [0.717, 1.165) is 11.3 Å². The fraction of sp³-hybridized carbons (Fsp3) is 0.111. The van der Waals surface area contributed by atoms with Crippen LogP contribution in [0.25, 0.3) is 5.69 Å². The number of nitrogens with zero attached hydrogens (tertiary/aromatic N) is 2. The van der Waals surface area contributed by atoms with Crippen molar-refractivity contribution < 1.29 is 4.79 Å². The van der Waals surface area contributed by atoms with Gasteiger partial charge in [0.05, 0.1) is 12.1 Å². The predicted molar refractivity (Wildman–Crippen MR) is 87.1 cm³/mol. The molecule has 0 atom stereocenters. The highest BCUT2D eigenvalue weighted by Crippen LogP contribution is 2.11. The number of hydrogen-bond acceptors (Lipinski definition) is 2. The van der Waals surface area contributed by atoms with E-state index in [0.29, 0.717) is 12.2 Å². The van der Waals surface area contributed by atoms with E-state index in [9.17, 15) is 4.79 Å². The van der Waals surface area contributed by atoms with Crippen LogP contribution in [-0.4, -0.2) is 15.7 Å². The number of hydrogen-bond donors (Lipinski definition) is 1. The number of carbonyl (C=O) groups is 1. The van der Waals surface area contributed by atoms with E-state index in [1.165, 1.54) is 5.56 Å². The maximum absolute atomic E-state index is 12.1. The van der Waals surface area contributed by atoms with Crippen molar-refractivity contribution in [1.82, 2.24) is 9.78 Å². The average molecular weight is 291 g/mol. The molecule has 1 heterocycles. The van der Waals surface area contributed by atoms with E-state index < -0.39 is 0 Å². The molecule has 0 aliphatic carbocycles. The first-order valence-electron chi connectivity index (χ1n) is 7.17. The van der Waals surface area contributed by atoms with Gasteiger partial charge in [0.1, 0.15) is 0 Å². The van der Waals surface area contributed by atoms with Crippen LogP contribution >= 0.6 is 0 Å². The van der Waals surface area contributed by atoms with Crippen molar-refractivity contribution in [3.05, 3.63) is 78.0 Å². The lowest BCUT2D eigenvalue weighted by molar-refractivity contribution is -0.115. The molecule has 0 fully saturated rings. The zero-order chi connectivity index (χ0) is 15.4. The van der Waals surface area contributed by atoms with Crippen molar-refractivity contribution in [2.24, 2.45) is 0 Å². The third kappa shape index (κ3) is 3.41. The Morgan fingerprint density at radius 2 is 1.77 bits per heavy atom. The fourth-order valence-electron chi connectivity index (χ4n) is 2.19. The molecule has 0 aliphatic rings. The summed E-state index contributed by atoms with van der Waals surface area (Å²) >= 11 is 0. The van der Waals surface area contributed by atoms with Crippen molar-refractivity contribution in [3.63, 3.8) is 0 Å². The Morgan fingerprint density at radius 1 is 1.05 bits per heavy atom. The Labute approximate surface area is 129 Å². The first-order valence-corrected chi connectivity index (χ1v) is 7.17. The Morgan fingerprint density at radius 3 is 2.50 bits per heavy atom. The molecule has 0 unspecified atom stereocenters. The number of aromatic nitrogens is 2. The molecule has 0 radical (unpaired) electrons. The number of anilines is 1. The minimum Gasteiger partial charge on any atom is -0.309 e. The average Bonchev–Trinajstić information content (AvgIpc) is 2.99. The highest BCUT2D eigenvalue weighted by atomic mass is 16.1. The van der Waals surface area contributed by atoms with E-state index in [-0.39, 0.29) is 5.91 Å². The number of aryl methyl sites for hydroxylation is 1. The van der Waals surface area contributed by atoms with Gasteiger partial charge >= 0.3 is 0 Å². The normalized spacial score (nSPS) is 10.4. The maximum atomic E-state index is 12.1. The SMILES string of the molecule is Cc1ccc(CC(=O)Nc2ccn(-c3ccccc3)n2)cc1. The quantitative estimate of drug-likeness (QED) is 0.801. The molecule has 4 heteroatoms. The summed E-state index contributed by atoms with van der Waals surface area (Å²) in [7, 11) is 0. The van der Waals surface area contributed by atoms with Gasteiger partial charge in [0.15, 0.2) is 5.82 Å². The fourth-order valence-corrected chi connectivity index (χ4v) is 2.19. The predicted octanol–water partition coefficient (Wildman–Crippen LogP) is 3.36. The number of amides is 1. The second-order valence-corrected chi connectivity index (χ2v) is 5.19. The van der Waals surface area contributed by atoms with Gasteiger partial charge in [0.2, 0.25) is 5.91 Å². The van der Waals surface area contributed by atoms with Crippen molar-refractivity contribution in [2.75, 3.05) is 5.32 Å². The summed E-state index contributed by atoms with van der Waals surface area (Å²) in [6.07, 6.45) is 2.18. The van der Waals surface area contributed by atoms with Crippen LogP contribution in [0.1, 0.15) is 11.1 Å². The summed E-state index contributed by atoms with van der Waals surface area (Å²) in [5.74, 6) is 0.489. The number of rotatable bonds is 4. The Hall–Kier alpha value is -2.88. The van der Waals surface area contributed by atoms with Crippen molar-refractivity contribution >= 4 is 11.7 Å². The Balaban J connectivity index is 1.65. The second-order valence-electron chi connectivity index (χ2n) is 5.19. The van der Waals surface area contributed by atoms with Crippen molar-refractivity contribution in [2.45, 2.75) is 13.3 Å². The monoisotopic (exact) mass is 291 g/mol. The second kappa shape index (κ2) is 6.26. The lowest BCUT2D eigenvalue weighted by Gasteiger charge is -2.03. The Bertz CT molecular complexity index is 761. The van der Waals surface area contributed by atoms with Gasteiger partial charge in [-0.25, -0.2) is 4.68 Å². The molecule has 0 saturated carbocycles. The van der Waals surface area contributed by atoms with E-state index in [1.54, 1.807) is 10.7 Å². The topological polar surface area (TPSA) is 46.9 Å². The first kappa shape index (κ1) is 14.1. The van der Waals surface area contributed by atoms with Gasteiger partial charge < -0.3 is 5.32 Å². The van der Waals surface area contributed by atoms with Crippen molar-refractivity contribution in [3.8, 4) is 5.69 Å². The number of carbonyl (C=O) groups excluding carboxylic acids is 1. The zero-order valence-electron chi connectivity index (χ0n) is 12.4. The molecule has 110 valence electrons. The third-order valence-corrected chi connectivity index (χ3v) is 3.36. The standard InChI is InChI=1S/C18H17N3O/c1-14-7-9-15(10-8-14)13-18(22)19-17-11-12-21(20-17)16-5-3-2-4-6-16/h2-12H,13H2,1H3,(H,19,20,22). The molecule has 3 rings (SSSR count). The largest absolute Gasteiger partial charge is 0.309 e. The van der Waals surface area contributed by atoms with Gasteiger partial charge in [-0.05, 0) is 24.6 Å². The van der Waals surface area contributed by atoms with Crippen LogP contribution < -0.4 is 5.32 Å². The summed E-state index contributed by atoms with van der Waals surface area (Å²) in [6, 6.07) is 19.5. The van der Waals surface area contributed by atoms with Gasteiger partial charge in [-0.2, -0.15) is 5.10 Å². The summed E-state index contributed by atoms with van der Waals surface area (Å²) in [5, 5.41) is 7.19. The van der Waals surface area contributed by atoms with Crippen LogP contribution in [-0.2, 0) is 11.2 Å². The summed E-state index contributed by atoms with van der Waals surface area (Å²) < 4.78 is 1.74. The molecule has 2 aromatic carbocycles. The molecule has 1 aromatic heterocycles. The molecule has 0 aliphatic heterocycles. The summed E-state index contributed by atoms with van der Waals surface area (Å²) in [4.78, 5) is 12.1. The highest BCUT2D eigenvalue weighted by Gasteiger charge is 2.07. The molecule has 4 nitrogen and oxygen atoms in total. The zero-order valence-corrected chi connectivity index (χ0v) is 12.4. The van der Waals surface area contributed by atoms with Crippen LogP contribution in [0, 0.1) is 6.92 Å². The molecule has 0 spiro atoms. The summed E-state index contributed by atoms with van der Waals surface area (Å²) in [6.45, 7) is 2.03. The van der Waals surface area contributed by atoms with Crippen LogP contribution in [0.3, 0.4) is 0 Å². The molecule has 0 bridgehead atoms. The van der Waals surface area contributed by atoms with E-state index in [4.69, 9.17) is 0 Å². The van der Waals surface area contributed by atoms with Crippen LogP contribution in [0.15, 0.2) is 66.9 Å². The van der Waals surface area contributed by atoms with Gasteiger partial charge in [0, 0.05) is 12.3 Å². The first-order chi connectivity index (χ1) is 10.7. The summed E-state index contributed by atoms with van der Waals surface area (Å²) in [5.41, 5.74) is 3.14. The number of benzene rings is 2. The molecule has 3 aromatic rings. The Kier molecular flexibility index (Phi) is 4.01. The van der Waals surface area contributed by atoms with Crippen LogP contribution in [0.5, 0.6) is 0 Å². The number of para-hydroxylation sites is 1. The van der Waals surface area contributed by atoms with Gasteiger partial charge in [-0.3, -0.25) is 4.79 Å². The molecule has 1 amide bonds. The van der Waals surface area contributed by atoms with Crippen LogP contribution in [0.2, 0.25) is 0 Å². The van der Waals surface area contributed by atoms with Crippen LogP contribution in [0.4, 0.5) is 5.82 Å². The lowest BCUT2D eigenvalue weighted by atomic mass is 10.1. The van der Waals surface area contributed by atoms with E-state index in [2.05, 4.69) is 10.4 Å². The van der Waals surface area contributed by atoms with E-state index in [1.807, 2.05) is 67.7 Å². The molecular formula is C18H17N3O. The third-order valence-electron chi connectivity index (χ3n) is 3.36. The molecular weight excluding hydrogens is 274 g/mol.